The first-order chi connectivity index (χ1) is 12.9. The first-order valence-corrected chi connectivity index (χ1v) is 10.6. The van der Waals surface area contributed by atoms with E-state index in [9.17, 15) is 0 Å². The van der Waals surface area contributed by atoms with E-state index in [1.54, 1.807) is 16.8 Å². The van der Waals surface area contributed by atoms with Crippen molar-refractivity contribution in [3.63, 3.8) is 0 Å². The van der Waals surface area contributed by atoms with E-state index >= 15 is 0 Å². The Hall–Kier alpha value is -1.79. The van der Waals surface area contributed by atoms with Crippen LogP contribution in [0.25, 0.3) is 10.9 Å². The highest BCUT2D eigenvalue weighted by molar-refractivity contribution is 5.87. The van der Waals surface area contributed by atoms with Crippen LogP contribution in [0.3, 0.4) is 0 Å². The Balaban J connectivity index is 1.57. The van der Waals surface area contributed by atoms with Gasteiger partial charge in [0, 0.05) is 42.7 Å². The molecule has 2 aliphatic carbocycles. The standard InChI is InChI=1S/C23H29N3/c24-12-5-13-25-14-15-26-21-11-10-18(17-6-2-1-3-7-17)16-20(21)19-8-4-9-22(25)23(19)26/h10-11,16-17,22H,1-9,13-15H2. The first-order valence-electron chi connectivity index (χ1n) is 10.6. The predicted molar refractivity (Wildman–Crippen MR) is 105 cm³/mol. The molecule has 136 valence electrons. The SMILES string of the molecule is N#CCCN1CCn2c3c(c4cc(C5CCCCC5)ccc42)CCCC31. The van der Waals surface area contributed by atoms with Crippen LogP contribution in [0.5, 0.6) is 0 Å². The van der Waals surface area contributed by atoms with Crippen molar-refractivity contribution in [3.05, 3.63) is 35.0 Å². The van der Waals surface area contributed by atoms with Crippen LogP contribution in [-0.4, -0.2) is 22.6 Å². The molecule has 0 saturated heterocycles. The van der Waals surface area contributed by atoms with Crippen molar-refractivity contribution in [2.75, 3.05) is 13.1 Å². The number of benzene rings is 1. The summed E-state index contributed by atoms with van der Waals surface area (Å²) in [6.45, 7) is 3.10. The maximum atomic E-state index is 9.01. The highest BCUT2D eigenvalue weighted by Gasteiger charge is 2.34. The van der Waals surface area contributed by atoms with Crippen molar-refractivity contribution in [2.45, 2.75) is 76.3 Å². The minimum Gasteiger partial charge on any atom is -0.342 e. The van der Waals surface area contributed by atoms with Gasteiger partial charge in [-0.3, -0.25) is 4.90 Å². The van der Waals surface area contributed by atoms with E-state index in [1.165, 1.54) is 62.3 Å². The van der Waals surface area contributed by atoms with E-state index < -0.39 is 0 Å². The normalized spacial score (nSPS) is 23.7. The predicted octanol–water partition coefficient (Wildman–Crippen LogP) is 5.30. The fourth-order valence-electron chi connectivity index (χ4n) is 5.85. The minimum atomic E-state index is 0.534. The van der Waals surface area contributed by atoms with Gasteiger partial charge in [-0.25, -0.2) is 0 Å². The summed E-state index contributed by atoms with van der Waals surface area (Å²) in [4.78, 5) is 2.57. The fourth-order valence-corrected chi connectivity index (χ4v) is 5.85. The summed E-state index contributed by atoms with van der Waals surface area (Å²) in [5, 5.41) is 10.5. The zero-order chi connectivity index (χ0) is 17.5. The van der Waals surface area contributed by atoms with E-state index in [0.29, 0.717) is 12.5 Å². The van der Waals surface area contributed by atoms with Gasteiger partial charge in [-0.05, 0) is 61.3 Å². The van der Waals surface area contributed by atoms with Gasteiger partial charge in [0.25, 0.3) is 0 Å². The van der Waals surface area contributed by atoms with Crippen molar-refractivity contribution >= 4 is 10.9 Å². The van der Waals surface area contributed by atoms with Gasteiger partial charge in [0.15, 0.2) is 0 Å². The number of rotatable bonds is 3. The topological polar surface area (TPSA) is 32.0 Å². The molecule has 0 N–H and O–H groups in total. The van der Waals surface area contributed by atoms with Crippen LogP contribution in [0.1, 0.15) is 80.1 Å². The molecule has 1 atom stereocenters. The van der Waals surface area contributed by atoms with Crippen LogP contribution < -0.4 is 0 Å². The second kappa shape index (κ2) is 6.74. The van der Waals surface area contributed by atoms with Crippen LogP contribution in [-0.2, 0) is 13.0 Å². The second-order valence-electron chi connectivity index (χ2n) is 8.48. The van der Waals surface area contributed by atoms with Crippen LogP contribution in [0, 0.1) is 11.3 Å². The largest absolute Gasteiger partial charge is 0.342 e. The Bertz CT molecular complexity index is 850. The third kappa shape index (κ3) is 2.58. The number of fused-ring (bicyclic) bond motifs is 3. The lowest BCUT2D eigenvalue weighted by atomic mass is 9.83. The molecule has 1 aromatic carbocycles. The number of aromatic nitrogens is 1. The van der Waals surface area contributed by atoms with Crippen LogP contribution in [0.2, 0.25) is 0 Å². The summed E-state index contributed by atoms with van der Waals surface area (Å²) >= 11 is 0. The number of hydrogen-bond donors (Lipinski definition) is 0. The Morgan fingerprint density at radius 1 is 1.04 bits per heavy atom. The number of aryl methyl sites for hydroxylation is 1. The molecule has 1 aromatic heterocycles. The molecule has 0 bridgehead atoms. The van der Waals surface area contributed by atoms with Crippen molar-refractivity contribution < 1.29 is 0 Å². The van der Waals surface area contributed by atoms with E-state index in [4.69, 9.17) is 5.26 Å². The van der Waals surface area contributed by atoms with Gasteiger partial charge in [0.1, 0.15) is 0 Å². The third-order valence-electron chi connectivity index (χ3n) is 7.10. The molecular formula is C23H29N3. The average molecular weight is 348 g/mol. The van der Waals surface area contributed by atoms with Gasteiger partial charge in [0.2, 0.25) is 0 Å². The summed E-state index contributed by atoms with van der Waals surface area (Å²) < 4.78 is 2.61. The lowest BCUT2D eigenvalue weighted by Crippen LogP contribution is -2.40. The van der Waals surface area contributed by atoms with Crippen LogP contribution in [0.4, 0.5) is 0 Å². The smallest absolute Gasteiger partial charge is 0.0635 e. The zero-order valence-corrected chi connectivity index (χ0v) is 15.7. The van der Waals surface area contributed by atoms with Gasteiger partial charge >= 0.3 is 0 Å². The Morgan fingerprint density at radius 2 is 1.92 bits per heavy atom. The molecule has 3 aliphatic rings. The van der Waals surface area contributed by atoms with Gasteiger partial charge in [0.05, 0.1) is 12.1 Å². The van der Waals surface area contributed by atoms with Gasteiger partial charge < -0.3 is 4.57 Å². The highest BCUT2D eigenvalue weighted by atomic mass is 15.2. The number of nitriles is 1. The molecule has 3 heteroatoms. The van der Waals surface area contributed by atoms with Crippen molar-refractivity contribution in [3.8, 4) is 6.07 Å². The van der Waals surface area contributed by atoms with E-state index in [-0.39, 0.29) is 0 Å². The molecule has 1 saturated carbocycles. The highest BCUT2D eigenvalue weighted by Crippen LogP contribution is 2.44. The molecule has 3 nitrogen and oxygen atoms in total. The van der Waals surface area contributed by atoms with Gasteiger partial charge in [-0.1, -0.05) is 25.3 Å². The van der Waals surface area contributed by atoms with Crippen LogP contribution in [0.15, 0.2) is 18.2 Å². The minimum absolute atomic E-state index is 0.534. The summed E-state index contributed by atoms with van der Waals surface area (Å²) in [7, 11) is 0. The molecule has 0 radical (unpaired) electrons. The molecule has 1 unspecified atom stereocenters. The Labute approximate surface area is 156 Å². The summed E-state index contributed by atoms with van der Waals surface area (Å²) in [5.41, 5.74) is 6.24. The van der Waals surface area contributed by atoms with Gasteiger partial charge in [-0.15, -0.1) is 0 Å². The Kier molecular flexibility index (Phi) is 4.25. The van der Waals surface area contributed by atoms with E-state index in [0.717, 1.165) is 25.6 Å². The molecule has 0 amide bonds. The average Bonchev–Trinajstić information content (AvgIpc) is 3.03. The van der Waals surface area contributed by atoms with Gasteiger partial charge in [-0.2, -0.15) is 5.26 Å². The number of hydrogen-bond acceptors (Lipinski definition) is 2. The van der Waals surface area contributed by atoms with Crippen LogP contribution >= 0.6 is 0 Å². The van der Waals surface area contributed by atoms with E-state index in [1.807, 2.05) is 0 Å². The molecule has 2 aromatic rings. The fraction of sp³-hybridized carbons (Fsp3) is 0.609. The van der Waals surface area contributed by atoms with Crippen molar-refractivity contribution in [1.29, 1.82) is 5.26 Å². The van der Waals surface area contributed by atoms with E-state index in [2.05, 4.69) is 33.7 Å². The first kappa shape index (κ1) is 16.4. The lowest BCUT2D eigenvalue weighted by Gasteiger charge is -2.39. The zero-order valence-electron chi connectivity index (χ0n) is 15.7. The quantitative estimate of drug-likeness (QED) is 0.755. The maximum Gasteiger partial charge on any atom is 0.0635 e. The summed E-state index contributed by atoms with van der Waals surface area (Å²) in [6.07, 6.45) is 11.4. The molecule has 1 fully saturated rings. The van der Waals surface area contributed by atoms with Crippen molar-refractivity contribution in [2.24, 2.45) is 0 Å². The second-order valence-corrected chi connectivity index (χ2v) is 8.48. The molecule has 1 aliphatic heterocycles. The van der Waals surface area contributed by atoms with Crippen molar-refractivity contribution in [1.82, 2.24) is 9.47 Å². The molecule has 26 heavy (non-hydrogen) atoms. The summed E-state index contributed by atoms with van der Waals surface area (Å²) in [5.74, 6) is 0.781. The third-order valence-corrected chi connectivity index (χ3v) is 7.10. The lowest BCUT2D eigenvalue weighted by molar-refractivity contribution is 0.144. The molecule has 0 spiro atoms. The maximum absolute atomic E-state index is 9.01. The number of nitrogens with zero attached hydrogens (tertiary/aromatic N) is 3. The molecule has 2 heterocycles. The monoisotopic (exact) mass is 347 g/mol. The molecular weight excluding hydrogens is 318 g/mol. The summed E-state index contributed by atoms with van der Waals surface area (Å²) in [6, 6.07) is 10.3. The molecule has 5 rings (SSSR count). The Morgan fingerprint density at radius 3 is 2.77 bits per heavy atom.